The lowest BCUT2D eigenvalue weighted by molar-refractivity contribution is 0.0595. The Labute approximate surface area is 108 Å². The Kier molecular flexibility index (Phi) is 4.44. The van der Waals surface area contributed by atoms with Crippen LogP contribution >= 0.6 is 0 Å². The molecule has 2 rings (SSSR count). The van der Waals surface area contributed by atoms with Crippen LogP contribution in [0.1, 0.15) is 19.8 Å². The second-order valence-corrected chi connectivity index (χ2v) is 4.95. The Morgan fingerprint density at radius 3 is 2.50 bits per heavy atom. The van der Waals surface area contributed by atoms with Gasteiger partial charge in [0.25, 0.3) is 0 Å². The predicted molar refractivity (Wildman–Crippen MR) is 72.6 cm³/mol. The lowest BCUT2D eigenvalue weighted by Crippen LogP contribution is -2.44. The average molecular weight is 250 g/mol. The Bertz CT molecular complexity index is 359. The zero-order valence-corrected chi connectivity index (χ0v) is 10.9. The molecule has 4 heteroatoms. The van der Waals surface area contributed by atoms with E-state index in [1.807, 2.05) is 24.3 Å². The number of nitrogens with two attached hydrogens (primary N) is 1. The maximum Gasteiger partial charge on any atom is 0.119 e. The summed E-state index contributed by atoms with van der Waals surface area (Å²) in [6.07, 6.45) is 2.29. The summed E-state index contributed by atoms with van der Waals surface area (Å²) < 4.78 is 5.93. The quantitative estimate of drug-likeness (QED) is 0.795. The van der Waals surface area contributed by atoms with Crippen molar-refractivity contribution in [3.63, 3.8) is 0 Å². The molecule has 0 amide bonds. The van der Waals surface area contributed by atoms with E-state index in [9.17, 15) is 0 Å². The summed E-state index contributed by atoms with van der Waals surface area (Å²) in [4.78, 5) is 2.31. The number of benzene rings is 1. The van der Waals surface area contributed by atoms with Crippen molar-refractivity contribution in [2.45, 2.75) is 31.9 Å². The first-order valence-corrected chi connectivity index (χ1v) is 6.56. The molecule has 0 bridgehead atoms. The SMILES string of the molecule is CC(CO)N1CCC(Oc2ccc(N)cc2)CC1. The maximum atomic E-state index is 9.13. The summed E-state index contributed by atoms with van der Waals surface area (Å²) in [5.74, 6) is 0.887. The van der Waals surface area contributed by atoms with E-state index >= 15 is 0 Å². The predicted octanol–water partition coefficient (Wildman–Crippen LogP) is 1.49. The Hall–Kier alpha value is -1.26. The molecule has 1 atom stereocenters. The largest absolute Gasteiger partial charge is 0.490 e. The molecule has 1 aliphatic heterocycles. The van der Waals surface area contributed by atoms with Gasteiger partial charge < -0.3 is 15.6 Å². The van der Waals surface area contributed by atoms with Crippen molar-refractivity contribution in [1.82, 2.24) is 4.90 Å². The molecule has 1 aromatic carbocycles. The van der Waals surface area contributed by atoms with E-state index in [-0.39, 0.29) is 18.8 Å². The first-order valence-electron chi connectivity index (χ1n) is 6.56. The summed E-state index contributed by atoms with van der Waals surface area (Å²) in [5, 5.41) is 9.13. The van der Waals surface area contributed by atoms with Crippen molar-refractivity contribution in [3.05, 3.63) is 24.3 Å². The fraction of sp³-hybridized carbons (Fsp3) is 0.571. The third-order valence-corrected chi connectivity index (χ3v) is 3.55. The van der Waals surface area contributed by atoms with Crippen molar-refractivity contribution >= 4 is 5.69 Å². The number of piperidine rings is 1. The van der Waals surface area contributed by atoms with Crippen molar-refractivity contribution < 1.29 is 9.84 Å². The topological polar surface area (TPSA) is 58.7 Å². The zero-order chi connectivity index (χ0) is 13.0. The lowest BCUT2D eigenvalue weighted by Gasteiger charge is -2.35. The van der Waals surface area contributed by atoms with Gasteiger partial charge in [-0.05, 0) is 44.0 Å². The number of hydrogen-bond acceptors (Lipinski definition) is 4. The third-order valence-electron chi connectivity index (χ3n) is 3.55. The number of aliphatic hydroxyl groups excluding tert-OH is 1. The Morgan fingerprint density at radius 2 is 1.94 bits per heavy atom. The summed E-state index contributed by atoms with van der Waals surface area (Å²) >= 11 is 0. The molecular weight excluding hydrogens is 228 g/mol. The summed E-state index contributed by atoms with van der Waals surface area (Å²) in [7, 11) is 0. The van der Waals surface area contributed by atoms with E-state index in [2.05, 4.69) is 11.8 Å². The molecule has 0 radical (unpaired) electrons. The standard InChI is InChI=1S/C14H22N2O2/c1-11(10-17)16-8-6-14(7-9-16)18-13-4-2-12(15)3-5-13/h2-5,11,14,17H,6-10,15H2,1H3. The highest BCUT2D eigenvalue weighted by atomic mass is 16.5. The van der Waals surface area contributed by atoms with Crippen LogP contribution in [0.3, 0.4) is 0 Å². The molecule has 1 saturated heterocycles. The Morgan fingerprint density at radius 1 is 1.33 bits per heavy atom. The van der Waals surface area contributed by atoms with Crippen molar-refractivity contribution in [3.8, 4) is 5.75 Å². The highest BCUT2D eigenvalue weighted by Crippen LogP contribution is 2.20. The van der Waals surface area contributed by atoms with Crippen molar-refractivity contribution in [1.29, 1.82) is 0 Å². The molecule has 0 aliphatic carbocycles. The third kappa shape index (κ3) is 3.37. The second kappa shape index (κ2) is 6.07. The van der Waals surface area contributed by atoms with Gasteiger partial charge in [0.15, 0.2) is 0 Å². The highest BCUT2D eigenvalue weighted by molar-refractivity contribution is 5.41. The first kappa shape index (κ1) is 13.2. The molecule has 0 spiro atoms. The summed E-state index contributed by atoms with van der Waals surface area (Å²) in [6, 6.07) is 7.80. The molecule has 1 aromatic rings. The molecule has 1 aliphatic rings. The molecular formula is C14H22N2O2. The monoisotopic (exact) mass is 250 g/mol. The fourth-order valence-corrected chi connectivity index (χ4v) is 2.29. The van der Waals surface area contributed by atoms with E-state index in [1.54, 1.807) is 0 Å². The van der Waals surface area contributed by atoms with Gasteiger partial charge in [-0.15, -0.1) is 0 Å². The normalized spacial score (nSPS) is 19.7. The molecule has 1 unspecified atom stereocenters. The minimum atomic E-state index is 0.226. The fourth-order valence-electron chi connectivity index (χ4n) is 2.29. The number of nitrogen functional groups attached to an aromatic ring is 1. The van der Waals surface area contributed by atoms with Gasteiger partial charge in [0.1, 0.15) is 11.9 Å². The van der Waals surface area contributed by atoms with Crippen LogP contribution in [0.5, 0.6) is 5.75 Å². The van der Waals surface area contributed by atoms with Crippen molar-refractivity contribution in [2.24, 2.45) is 0 Å². The summed E-state index contributed by atoms with van der Waals surface area (Å²) in [5.41, 5.74) is 6.40. The zero-order valence-electron chi connectivity index (χ0n) is 10.9. The van der Waals surface area contributed by atoms with E-state index in [0.29, 0.717) is 0 Å². The molecule has 0 saturated carbocycles. The molecule has 18 heavy (non-hydrogen) atoms. The summed E-state index contributed by atoms with van der Waals surface area (Å²) in [6.45, 7) is 4.26. The van der Waals surface area contributed by atoms with Crippen LogP contribution in [0.4, 0.5) is 5.69 Å². The van der Waals surface area contributed by atoms with Crippen molar-refractivity contribution in [2.75, 3.05) is 25.4 Å². The van der Waals surface area contributed by atoms with E-state index in [1.165, 1.54) is 0 Å². The lowest BCUT2D eigenvalue weighted by atomic mass is 10.1. The van der Waals surface area contributed by atoms with Crippen LogP contribution in [0.15, 0.2) is 24.3 Å². The average Bonchev–Trinajstić information content (AvgIpc) is 2.41. The van der Waals surface area contributed by atoms with Crippen LogP contribution in [-0.2, 0) is 0 Å². The smallest absolute Gasteiger partial charge is 0.119 e. The number of aliphatic hydroxyl groups is 1. The number of nitrogens with zero attached hydrogens (tertiary/aromatic N) is 1. The van der Waals surface area contributed by atoms with Gasteiger partial charge in [-0.1, -0.05) is 0 Å². The first-order chi connectivity index (χ1) is 8.69. The van der Waals surface area contributed by atoms with Gasteiger partial charge in [0.2, 0.25) is 0 Å². The number of rotatable bonds is 4. The number of hydrogen-bond donors (Lipinski definition) is 2. The van der Waals surface area contributed by atoms with Gasteiger partial charge in [-0.2, -0.15) is 0 Å². The van der Waals surface area contributed by atoms with Gasteiger partial charge in [-0.3, -0.25) is 4.90 Å². The van der Waals surface area contributed by atoms with Gasteiger partial charge >= 0.3 is 0 Å². The molecule has 0 aromatic heterocycles. The second-order valence-electron chi connectivity index (χ2n) is 4.95. The van der Waals surface area contributed by atoms with E-state index < -0.39 is 0 Å². The van der Waals surface area contributed by atoms with Gasteiger partial charge in [0.05, 0.1) is 6.61 Å². The van der Waals surface area contributed by atoms with Crippen LogP contribution < -0.4 is 10.5 Å². The van der Waals surface area contributed by atoms with Crippen LogP contribution in [-0.4, -0.2) is 41.8 Å². The minimum Gasteiger partial charge on any atom is -0.490 e. The minimum absolute atomic E-state index is 0.226. The maximum absolute atomic E-state index is 9.13. The molecule has 100 valence electrons. The van der Waals surface area contributed by atoms with Crippen LogP contribution in [0.25, 0.3) is 0 Å². The number of anilines is 1. The molecule has 1 heterocycles. The van der Waals surface area contributed by atoms with E-state index in [0.717, 1.165) is 37.4 Å². The molecule has 3 N–H and O–H groups in total. The van der Waals surface area contributed by atoms with E-state index in [4.69, 9.17) is 15.6 Å². The number of likely N-dealkylation sites (tertiary alicyclic amines) is 1. The Balaban J connectivity index is 1.81. The van der Waals surface area contributed by atoms with Crippen LogP contribution in [0.2, 0.25) is 0 Å². The highest BCUT2D eigenvalue weighted by Gasteiger charge is 2.23. The molecule has 4 nitrogen and oxygen atoms in total. The van der Waals surface area contributed by atoms with Gasteiger partial charge in [0, 0.05) is 24.8 Å². The van der Waals surface area contributed by atoms with Crippen LogP contribution in [0, 0.1) is 0 Å². The molecule has 1 fully saturated rings. The van der Waals surface area contributed by atoms with Gasteiger partial charge in [-0.25, -0.2) is 0 Å². The number of ether oxygens (including phenoxy) is 1.